The number of hydrogen-bond acceptors (Lipinski definition) is 2. The lowest BCUT2D eigenvalue weighted by atomic mass is 9.95. The van der Waals surface area contributed by atoms with Gasteiger partial charge < -0.3 is 9.67 Å². The summed E-state index contributed by atoms with van der Waals surface area (Å²) in [6.45, 7) is 3.16. The molecule has 0 bridgehead atoms. The van der Waals surface area contributed by atoms with Gasteiger partial charge in [0.15, 0.2) is 0 Å². The predicted octanol–water partition coefficient (Wildman–Crippen LogP) is 4.23. The van der Waals surface area contributed by atoms with Gasteiger partial charge in [0.1, 0.15) is 0 Å². The Kier molecular flexibility index (Phi) is 3.83. The average Bonchev–Trinajstić information content (AvgIpc) is 2.92. The number of aryl methyl sites for hydroxylation is 2. The van der Waals surface area contributed by atoms with E-state index in [1.165, 1.54) is 20.1 Å². The molecular weight excluding hydrogens is 322 g/mol. The molecule has 0 radical (unpaired) electrons. The van der Waals surface area contributed by atoms with Crippen LogP contribution < -0.4 is 0 Å². The highest BCUT2D eigenvalue weighted by Gasteiger charge is 2.22. The molecule has 2 aromatic heterocycles. The molecule has 0 saturated heterocycles. The molecule has 0 saturated carbocycles. The largest absolute Gasteiger partial charge is 0.388 e. The molecule has 0 aromatic carbocycles. The van der Waals surface area contributed by atoms with Gasteiger partial charge in [-0.15, -0.1) is 11.3 Å². The third-order valence-electron chi connectivity index (χ3n) is 3.91. The zero-order valence-corrected chi connectivity index (χ0v) is 13.4. The SMILES string of the molecule is Cc1cc2c(n1CCc1ccc(Br)s1)CCCC2O. The first-order valence-corrected chi connectivity index (χ1v) is 8.37. The maximum Gasteiger partial charge on any atom is 0.0807 e. The molecule has 0 spiro atoms. The number of rotatable bonds is 3. The summed E-state index contributed by atoms with van der Waals surface area (Å²) in [7, 11) is 0. The molecular formula is C15H18BrNOS. The number of hydrogen-bond donors (Lipinski definition) is 1. The third-order valence-corrected chi connectivity index (χ3v) is 5.59. The van der Waals surface area contributed by atoms with Crippen molar-refractivity contribution in [1.82, 2.24) is 4.57 Å². The van der Waals surface area contributed by atoms with Crippen molar-refractivity contribution in [2.75, 3.05) is 0 Å². The van der Waals surface area contributed by atoms with Gasteiger partial charge in [-0.3, -0.25) is 0 Å². The van der Waals surface area contributed by atoms with E-state index in [1.54, 1.807) is 0 Å². The molecule has 2 heterocycles. The van der Waals surface area contributed by atoms with E-state index < -0.39 is 0 Å². The first-order chi connectivity index (χ1) is 9.15. The van der Waals surface area contributed by atoms with Crippen LogP contribution in [0.2, 0.25) is 0 Å². The molecule has 0 amide bonds. The zero-order chi connectivity index (χ0) is 13.4. The molecule has 0 fully saturated rings. The minimum absolute atomic E-state index is 0.250. The molecule has 2 aromatic rings. The third kappa shape index (κ3) is 2.67. The summed E-state index contributed by atoms with van der Waals surface area (Å²) in [5.41, 5.74) is 3.80. The summed E-state index contributed by atoms with van der Waals surface area (Å²) in [5.74, 6) is 0. The quantitative estimate of drug-likeness (QED) is 0.889. The zero-order valence-electron chi connectivity index (χ0n) is 11.0. The summed E-state index contributed by atoms with van der Waals surface area (Å²) in [6.07, 6.45) is 3.93. The molecule has 3 rings (SSSR count). The first-order valence-electron chi connectivity index (χ1n) is 6.76. The van der Waals surface area contributed by atoms with Gasteiger partial charge in [0.05, 0.1) is 9.89 Å². The highest BCUT2D eigenvalue weighted by atomic mass is 79.9. The Hall–Kier alpha value is -0.580. The second-order valence-corrected chi connectivity index (χ2v) is 7.75. The van der Waals surface area contributed by atoms with Gasteiger partial charge in [-0.1, -0.05) is 0 Å². The average molecular weight is 340 g/mol. The molecule has 102 valence electrons. The standard InChI is InChI=1S/C15H18BrNOS/c1-10-9-12-13(3-2-4-14(12)18)17(10)8-7-11-5-6-15(16)19-11/h5-6,9,14,18H,2-4,7-8H2,1H3. The van der Waals surface area contributed by atoms with Crippen LogP contribution in [0.25, 0.3) is 0 Å². The first kappa shape index (κ1) is 13.4. The summed E-state index contributed by atoms with van der Waals surface area (Å²) in [5, 5.41) is 10.1. The summed E-state index contributed by atoms with van der Waals surface area (Å²) < 4.78 is 3.59. The highest BCUT2D eigenvalue weighted by Crippen LogP contribution is 2.32. The monoisotopic (exact) mass is 339 g/mol. The second-order valence-electron chi connectivity index (χ2n) is 5.20. The number of aliphatic hydroxyl groups is 1. The van der Waals surface area contributed by atoms with Crippen molar-refractivity contribution in [2.24, 2.45) is 0 Å². The number of thiophene rings is 1. The lowest BCUT2D eigenvalue weighted by Crippen LogP contribution is -2.13. The van der Waals surface area contributed by atoms with E-state index in [2.05, 4.69) is 45.6 Å². The number of fused-ring (bicyclic) bond motifs is 1. The minimum Gasteiger partial charge on any atom is -0.388 e. The molecule has 1 unspecified atom stereocenters. The topological polar surface area (TPSA) is 25.2 Å². The Morgan fingerprint density at radius 1 is 1.47 bits per heavy atom. The van der Waals surface area contributed by atoms with Crippen LogP contribution in [-0.2, 0) is 19.4 Å². The molecule has 2 nitrogen and oxygen atoms in total. The fraction of sp³-hybridized carbons (Fsp3) is 0.467. The molecule has 1 aliphatic rings. The second kappa shape index (κ2) is 5.43. The summed E-state index contributed by atoms with van der Waals surface area (Å²) in [4.78, 5) is 1.41. The molecule has 4 heteroatoms. The van der Waals surface area contributed by atoms with E-state index in [9.17, 15) is 5.11 Å². The Morgan fingerprint density at radius 3 is 3.05 bits per heavy atom. The van der Waals surface area contributed by atoms with Crippen molar-refractivity contribution >= 4 is 27.3 Å². The number of aromatic nitrogens is 1. The van der Waals surface area contributed by atoms with E-state index in [1.807, 2.05) is 11.3 Å². The highest BCUT2D eigenvalue weighted by molar-refractivity contribution is 9.11. The van der Waals surface area contributed by atoms with E-state index in [0.717, 1.165) is 37.8 Å². The Morgan fingerprint density at radius 2 is 2.32 bits per heavy atom. The number of aliphatic hydroxyl groups excluding tert-OH is 1. The van der Waals surface area contributed by atoms with Gasteiger partial charge >= 0.3 is 0 Å². The Bertz CT molecular complexity index is 587. The van der Waals surface area contributed by atoms with E-state index in [4.69, 9.17) is 0 Å². The van der Waals surface area contributed by atoms with Gasteiger partial charge in [-0.2, -0.15) is 0 Å². The fourth-order valence-corrected chi connectivity index (χ4v) is 4.43. The normalized spacial score (nSPS) is 18.6. The van der Waals surface area contributed by atoms with E-state index >= 15 is 0 Å². The Labute approximate surface area is 126 Å². The molecule has 1 atom stereocenters. The van der Waals surface area contributed by atoms with Crippen molar-refractivity contribution in [1.29, 1.82) is 0 Å². The van der Waals surface area contributed by atoms with Crippen molar-refractivity contribution in [2.45, 2.75) is 45.3 Å². The fourth-order valence-electron chi connectivity index (χ4n) is 2.96. The molecule has 0 aliphatic heterocycles. The van der Waals surface area contributed by atoms with Crippen LogP contribution in [0.3, 0.4) is 0 Å². The van der Waals surface area contributed by atoms with Crippen molar-refractivity contribution in [3.05, 3.63) is 43.8 Å². The lowest BCUT2D eigenvalue weighted by molar-refractivity contribution is 0.155. The van der Waals surface area contributed by atoms with Crippen LogP contribution in [-0.4, -0.2) is 9.67 Å². The van der Waals surface area contributed by atoms with Gasteiger partial charge in [0.25, 0.3) is 0 Å². The summed E-state index contributed by atoms with van der Waals surface area (Å²) >= 11 is 5.32. The number of halogens is 1. The van der Waals surface area contributed by atoms with Gasteiger partial charge in [0, 0.05) is 28.4 Å². The van der Waals surface area contributed by atoms with Crippen molar-refractivity contribution < 1.29 is 5.11 Å². The van der Waals surface area contributed by atoms with Crippen LogP contribution >= 0.6 is 27.3 Å². The van der Waals surface area contributed by atoms with Gasteiger partial charge in [-0.25, -0.2) is 0 Å². The van der Waals surface area contributed by atoms with E-state index in [0.29, 0.717) is 0 Å². The van der Waals surface area contributed by atoms with Crippen molar-refractivity contribution in [3.8, 4) is 0 Å². The van der Waals surface area contributed by atoms with Crippen LogP contribution in [0.1, 0.15) is 40.8 Å². The van der Waals surface area contributed by atoms with Crippen LogP contribution in [0.4, 0.5) is 0 Å². The van der Waals surface area contributed by atoms with Crippen LogP contribution in [0.15, 0.2) is 22.0 Å². The Balaban J connectivity index is 1.81. The number of nitrogens with zero attached hydrogens (tertiary/aromatic N) is 1. The minimum atomic E-state index is -0.250. The van der Waals surface area contributed by atoms with Gasteiger partial charge in [0.2, 0.25) is 0 Å². The van der Waals surface area contributed by atoms with Crippen LogP contribution in [0.5, 0.6) is 0 Å². The van der Waals surface area contributed by atoms with E-state index in [-0.39, 0.29) is 6.10 Å². The van der Waals surface area contributed by atoms with Crippen LogP contribution in [0, 0.1) is 6.92 Å². The molecule has 1 N–H and O–H groups in total. The predicted molar refractivity (Wildman–Crippen MR) is 82.8 cm³/mol. The molecule has 1 aliphatic carbocycles. The maximum absolute atomic E-state index is 10.1. The smallest absolute Gasteiger partial charge is 0.0807 e. The van der Waals surface area contributed by atoms with Crippen molar-refractivity contribution in [3.63, 3.8) is 0 Å². The lowest BCUT2D eigenvalue weighted by Gasteiger charge is -2.20. The summed E-state index contributed by atoms with van der Waals surface area (Å²) in [6, 6.07) is 6.47. The van der Waals surface area contributed by atoms with Gasteiger partial charge in [-0.05, 0) is 66.7 Å². The maximum atomic E-state index is 10.1. The molecule has 19 heavy (non-hydrogen) atoms.